The Morgan fingerprint density at radius 3 is 2.73 bits per heavy atom. The van der Waals surface area contributed by atoms with Crippen LogP contribution in [0.15, 0.2) is 12.2 Å². The highest BCUT2D eigenvalue weighted by Crippen LogP contribution is 2.18. The molecule has 2 aliphatic rings. The van der Waals surface area contributed by atoms with Gasteiger partial charge in [0.2, 0.25) is 0 Å². The van der Waals surface area contributed by atoms with Gasteiger partial charge in [-0.15, -0.1) is 0 Å². The highest BCUT2D eigenvalue weighted by molar-refractivity contribution is 7.91. The Labute approximate surface area is 91.9 Å². The molecule has 0 aromatic rings. The van der Waals surface area contributed by atoms with Gasteiger partial charge in [-0.3, -0.25) is 0 Å². The first-order valence-corrected chi connectivity index (χ1v) is 7.57. The average Bonchev–Trinajstić information content (AvgIpc) is 2.57. The smallest absolute Gasteiger partial charge is 0.151 e. The van der Waals surface area contributed by atoms with Gasteiger partial charge in [0.1, 0.15) is 0 Å². The summed E-state index contributed by atoms with van der Waals surface area (Å²) >= 11 is 0. The van der Waals surface area contributed by atoms with Crippen LogP contribution < -0.4 is 5.32 Å². The van der Waals surface area contributed by atoms with Gasteiger partial charge in [0.15, 0.2) is 9.84 Å². The molecule has 1 aliphatic heterocycles. The van der Waals surface area contributed by atoms with Crippen molar-refractivity contribution in [3.63, 3.8) is 0 Å². The van der Waals surface area contributed by atoms with Crippen molar-refractivity contribution in [3.8, 4) is 0 Å². The molecule has 1 aliphatic carbocycles. The third-order valence-corrected chi connectivity index (χ3v) is 5.07. The lowest BCUT2D eigenvalue weighted by Crippen LogP contribution is -2.34. The van der Waals surface area contributed by atoms with Gasteiger partial charge in [0, 0.05) is 6.04 Å². The number of rotatable bonds is 3. The van der Waals surface area contributed by atoms with E-state index < -0.39 is 9.84 Å². The Morgan fingerprint density at radius 1 is 1.27 bits per heavy atom. The Morgan fingerprint density at radius 2 is 2.13 bits per heavy atom. The lowest BCUT2D eigenvalue weighted by atomic mass is 9.94. The molecule has 0 saturated carbocycles. The summed E-state index contributed by atoms with van der Waals surface area (Å²) in [7, 11) is -2.72. The van der Waals surface area contributed by atoms with E-state index >= 15 is 0 Å². The van der Waals surface area contributed by atoms with Gasteiger partial charge in [0.25, 0.3) is 0 Å². The van der Waals surface area contributed by atoms with Gasteiger partial charge < -0.3 is 5.32 Å². The van der Waals surface area contributed by atoms with Crippen LogP contribution in [-0.4, -0.2) is 32.5 Å². The van der Waals surface area contributed by atoms with Gasteiger partial charge in [-0.25, -0.2) is 8.42 Å². The maximum atomic E-state index is 11.2. The summed E-state index contributed by atoms with van der Waals surface area (Å²) < 4.78 is 22.5. The third-order valence-electron chi connectivity index (χ3n) is 3.31. The Balaban J connectivity index is 1.72. The van der Waals surface area contributed by atoms with Crippen LogP contribution in [0.1, 0.15) is 25.7 Å². The maximum Gasteiger partial charge on any atom is 0.151 e. The molecule has 0 spiro atoms. The molecule has 0 amide bonds. The second-order valence-corrected chi connectivity index (χ2v) is 6.89. The highest BCUT2D eigenvalue weighted by atomic mass is 32.2. The molecule has 0 radical (unpaired) electrons. The molecule has 3 nitrogen and oxygen atoms in total. The first kappa shape index (κ1) is 11.1. The first-order valence-electron chi connectivity index (χ1n) is 5.74. The van der Waals surface area contributed by atoms with Gasteiger partial charge in [0.05, 0.1) is 11.5 Å². The van der Waals surface area contributed by atoms with Crippen LogP contribution >= 0.6 is 0 Å². The summed E-state index contributed by atoms with van der Waals surface area (Å²) in [6, 6.07) is 0.209. The zero-order valence-electron chi connectivity index (χ0n) is 8.98. The van der Waals surface area contributed by atoms with Crippen molar-refractivity contribution in [1.82, 2.24) is 5.32 Å². The number of hydrogen-bond acceptors (Lipinski definition) is 3. The summed E-state index contributed by atoms with van der Waals surface area (Å²) in [5.41, 5.74) is 0. The van der Waals surface area contributed by atoms with E-state index in [1.54, 1.807) is 0 Å². The molecule has 0 aromatic carbocycles. The van der Waals surface area contributed by atoms with Crippen LogP contribution in [0.4, 0.5) is 0 Å². The first-order chi connectivity index (χ1) is 7.16. The number of sulfone groups is 1. The van der Waals surface area contributed by atoms with Crippen molar-refractivity contribution in [3.05, 3.63) is 12.2 Å². The molecule has 2 rings (SSSR count). The molecular formula is C11H19NO2S. The minimum atomic E-state index is -2.72. The Bertz CT molecular complexity index is 334. The van der Waals surface area contributed by atoms with Crippen LogP contribution in [0, 0.1) is 5.92 Å². The number of hydrogen-bond donors (Lipinski definition) is 1. The van der Waals surface area contributed by atoms with Crippen molar-refractivity contribution < 1.29 is 8.42 Å². The van der Waals surface area contributed by atoms with E-state index in [0.717, 1.165) is 19.4 Å². The normalized spacial score (nSPS) is 34.4. The molecular weight excluding hydrogens is 210 g/mol. The Kier molecular flexibility index (Phi) is 3.46. The van der Waals surface area contributed by atoms with Crippen molar-refractivity contribution in [2.75, 3.05) is 18.1 Å². The highest BCUT2D eigenvalue weighted by Gasteiger charge is 2.27. The van der Waals surface area contributed by atoms with Crippen LogP contribution in [0.3, 0.4) is 0 Å². The van der Waals surface area contributed by atoms with E-state index in [1.165, 1.54) is 12.8 Å². The third kappa shape index (κ3) is 3.31. The molecule has 15 heavy (non-hydrogen) atoms. The fraction of sp³-hybridized carbons (Fsp3) is 0.818. The second-order valence-electron chi connectivity index (χ2n) is 4.66. The molecule has 1 heterocycles. The van der Waals surface area contributed by atoms with Gasteiger partial charge >= 0.3 is 0 Å². The predicted molar refractivity (Wildman–Crippen MR) is 61.5 cm³/mol. The second kappa shape index (κ2) is 4.66. The molecule has 86 valence electrons. The van der Waals surface area contributed by atoms with Gasteiger partial charge in [-0.2, -0.15) is 0 Å². The fourth-order valence-electron chi connectivity index (χ4n) is 2.33. The molecule has 2 unspecified atom stereocenters. The van der Waals surface area contributed by atoms with Crippen LogP contribution in [0.2, 0.25) is 0 Å². The quantitative estimate of drug-likeness (QED) is 0.738. The molecule has 0 bridgehead atoms. The lowest BCUT2D eigenvalue weighted by molar-refractivity contribution is 0.413. The standard InChI is InChI=1S/C11H19NO2S/c13-15(14)7-6-11(9-15)12-8-10-4-2-1-3-5-10/h1-2,10-12H,3-9H2. The van der Waals surface area contributed by atoms with Gasteiger partial charge in [-0.1, -0.05) is 12.2 Å². The van der Waals surface area contributed by atoms with E-state index in [-0.39, 0.29) is 6.04 Å². The van der Waals surface area contributed by atoms with Crippen LogP contribution in [-0.2, 0) is 9.84 Å². The maximum absolute atomic E-state index is 11.2. The largest absolute Gasteiger partial charge is 0.313 e. The topological polar surface area (TPSA) is 46.2 Å². The lowest BCUT2D eigenvalue weighted by Gasteiger charge is -2.20. The minimum absolute atomic E-state index is 0.209. The SMILES string of the molecule is O=S1(=O)CCC(NCC2CC=CCC2)C1. The van der Waals surface area contributed by atoms with E-state index in [1.807, 2.05) is 0 Å². The zero-order chi connectivity index (χ0) is 10.7. The summed E-state index contributed by atoms with van der Waals surface area (Å²) in [6.07, 6.45) is 8.83. The summed E-state index contributed by atoms with van der Waals surface area (Å²) in [4.78, 5) is 0. The predicted octanol–water partition coefficient (Wildman–Crippen LogP) is 1.12. The van der Waals surface area contributed by atoms with E-state index in [2.05, 4.69) is 17.5 Å². The molecule has 1 N–H and O–H groups in total. The summed E-state index contributed by atoms with van der Waals surface area (Å²) in [5, 5.41) is 3.39. The minimum Gasteiger partial charge on any atom is -0.313 e. The van der Waals surface area contributed by atoms with Crippen molar-refractivity contribution in [2.24, 2.45) is 5.92 Å². The monoisotopic (exact) mass is 229 g/mol. The summed E-state index contributed by atoms with van der Waals surface area (Å²) in [6.45, 7) is 0.977. The van der Waals surface area contributed by atoms with Crippen molar-refractivity contribution in [2.45, 2.75) is 31.7 Å². The van der Waals surface area contributed by atoms with Crippen LogP contribution in [0.5, 0.6) is 0 Å². The van der Waals surface area contributed by atoms with Gasteiger partial charge in [-0.05, 0) is 38.1 Å². The average molecular weight is 229 g/mol. The molecule has 4 heteroatoms. The molecule has 1 saturated heterocycles. The van der Waals surface area contributed by atoms with E-state index in [9.17, 15) is 8.42 Å². The fourth-order valence-corrected chi connectivity index (χ4v) is 4.04. The summed E-state index contributed by atoms with van der Waals surface area (Å²) in [5.74, 6) is 1.42. The molecule has 0 aromatic heterocycles. The van der Waals surface area contributed by atoms with Crippen LogP contribution in [0.25, 0.3) is 0 Å². The zero-order valence-corrected chi connectivity index (χ0v) is 9.80. The molecule has 1 fully saturated rings. The van der Waals surface area contributed by atoms with Crippen molar-refractivity contribution >= 4 is 9.84 Å². The van der Waals surface area contributed by atoms with Crippen molar-refractivity contribution in [1.29, 1.82) is 0 Å². The Hall–Kier alpha value is -0.350. The number of nitrogens with one attached hydrogen (secondary N) is 1. The van der Waals surface area contributed by atoms with E-state index in [4.69, 9.17) is 0 Å². The molecule has 2 atom stereocenters. The van der Waals surface area contributed by atoms with E-state index in [0.29, 0.717) is 17.4 Å². The number of allylic oxidation sites excluding steroid dienone is 2.